The summed E-state index contributed by atoms with van der Waals surface area (Å²) in [7, 11) is 0. The van der Waals surface area contributed by atoms with Gasteiger partial charge < -0.3 is 10.6 Å². The quantitative estimate of drug-likeness (QED) is 0.717. The van der Waals surface area contributed by atoms with Crippen LogP contribution in [0.3, 0.4) is 0 Å². The summed E-state index contributed by atoms with van der Waals surface area (Å²) < 4.78 is 0. The first-order valence-corrected chi connectivity index (χ1v) is 5.62. The number of carbonyl (C=O) groups excluding carboxylic acids is 1. The fourth-order valence-electron chi connectivity index (χ4n) is 2.06. The van der Waals surface area contributed by atoms with E-state index in [1.807, 2.05) is 13.8 Å². The second-order valence-corrected chi connectivity index (χ2v) is 4.51. The van der Waals surface area contributed by atoms with Crippen LogP contribution in [0.5, 0.6) is 0 Å². The van der Waals surface area contributed by atoms with Gasteiger partial charge in [-0.1, -0.05) is 6.92 Å². The Bertz CT molecular complexity index is 195. The highest BCUT2D eigenvalue weighted by molar-refractivity contribution is 5.82. The predicted octanol–water partition coefficient (Wildman–Crippen LogP) is 1.29. The summed E-state index contributed by atoms with van der Waals surface area (Å²) in [4.78, 5) is 12.0. The Hall–Kier alpha value is -0.570. The molecule has 0 unspecified atom stereocenters. The maximum absolute atomic E-state index is 12.0. The van der Waals surface area contributed by atoms with E-state index in [0.29, 0.717) is 0 Å². The first kappa shape index (κ1) is 11.5. The Morgan fingerprint density at radius 2 is 2.00 bits per heavy atom. The molecule has 1 aliphatic heterocycles. The van der Waals surface area contributed by atoms with Crippen LogP contribution in [0.4, 0.5) is 0 Å². The molecule has 0 spiro atoms. The molecule has 3 heteroatoms. The van der Waals surface area contributed by atoms with Gasteiger partial charge >= 0.3 is 0 Å². The standard InChI is InChI=1S/C11H22N2O/c1-4-11(5-7-12-8-6-11)10(14)13-9(2)3/h9,12H,4-8H2,1-3H3,(H,13,14). The van der Waals surface area contributed by atoms with Crippen molar-refractivity contribution in [3.05, 3.63) is 0 Å². The average Bonchev–Trinajstić information content (AvgIpc) is 2.18. The van der Waals surface area contributed by atoms with Crippen LogP contribution in [0, 0.1) is 5.41 Å². The maximum Gasteiger partial charge on any atom is 0.226 e. The third-order valence-corrected chi connectivity index (χ3v) is 3.14. The van der Waals surface area contributed by atoms with Crippen LogP contribution in [0.15, 0.2) is 0 Å². The van der Waals surface area contributed by atoms with Crippen molar-refractivity contribution in [2.24, 2.45) is 5.41 Å². The molecule has 82 valence electrons. The molecule has 0 aliphatic carbocycles. The molecule has 1 saturated heterocycles. The van der Waals surface area contributed by atoms with Crippen molar-refractivity contribution in [3.8, 4) is 0 Å². The third-order valence-electron chi connectivity index (χ3n) is 3.14. The summed E-state index contributed by atoms with van der Waals surface area (Å²) in [5.41, 5.74) is -0.102. The number of nitrogens with one attached hydrogen (secondary N) is 2. The van der Waals surface area contributed by atoms with Crippen molar-refractivity contribution in [1.29, 1.82) is 0 Å². The van der Waals surface area contributed by atoms with E-state index in [2.05, 4.69) is 17.6 Å². The van der Waals surface area contributed by atoms with Gasteiger partial charge in [-0.25, -0.2) is 0 Å². The lowest BCUT2D eigenvalue weighted by atomic mass is 9.76. The van der Waals surface area contributed by atoms with Gasteiger partial charge in [0.1, 0.15) is 0 Å². The minimum absolute atomic E-state index is 0.102. The Kier molecular flexibility index (Phi) is 3.93. The van der Waals surface area contributed by atoms with Gasteiger partial charge in [-0.15, -0.1) is 0 Å². The number of piperidine rings is 1. The molecular weight excluding hydrogens is 176 g/mol. The molecular formula is C11H22N2O. The lowest BCUT2D eigenvalue weighted by Crippen LogP contribution is -2.48. The summed E-state index contributed by atoms with van der Waals surface area (Å²) in [6.07, 6.45) is 2.90. The normalized spacial score (nSPS) is 20.9. The van der Waals surface area contributed by atoms with Crippen molar-refractivity contribution in [2.45, 2.75) is 46.1 Å². The molecule has 0 bridgehead atoms. The number of hydrogen-bond donors (Lipinski definition) is 2. The second-order valence-electron chi connectivity index (χ2n) is 4.51. The summed E-state index contributed by atoms with van der Waals surface area (Å²) in [6, 6.07) is 0.251. The van der Waals surface area contributed by atoms with Gasteiger partial charge in [-0.2, -0.15) is 0 Å². The average molecular weight is 198 g/mol. The maximum atomic E-state index is 12.0. The van der Waals surface area contributed by atoms with E-state index in [0.717, 1.165) is 32.4 Å². The molecule has 2 N–H and O–H groups in total. The molecule has 0 aromatic carbocycles. The number of amides is 1. The lowest BCUT2D eigenvalue weighted by Gasteiger charge is -2.35. The molecule has 1 amide bonds. The van der Waals surface area contributed by atoms with E-state index >= 15 is 0 Å². The third kappa shape index (κ3) is 2.47. The predicted molar refractivity (Wildman–Crippen MR) is 58.1 cm³/mol. The van der Waals surface area contributed by atoms with E-state index in [1.165, 1.54) is 0 Å². The van der Waals surface area contributed by atoms with Gasteiger partial charge in [0, 0.05) is 6.04 Å². The second kappa shape index (κ2) is 4.78. The first-order chi connectivity index (χ1) is 6.60. The summed E-state index contributed by atoms with van der Waals surface area (Å²) >= 11 is 0. The van der Waals surface area contributed by atoms with Crippen molar-refractivity contribution in [2.75, 3.05) is 13.1 Å². The highest BCUT2D eigenvalue weighted by atomic mass is 16.2. The topological polar surface area (TPSA) is 41.1 Å². The van der Waals surface area contributed by atoms with Crippen LogP contribution in [-0.2, 0) is 4.79 Å². The van der Waals surface area contributed by atoms with Crippen molar-refractivity contribution in [3.63, 3.8) is 0 Å². The monoisotopic (exact) mass is 198 g/mol. The molecule has 0 radical (unpaired) electrons. The largest absolute Gasteiger partial charge is 0.353 e. The molecule has 0 saturated carbocycles. The highest BCUT2D eigenvalue weighted by Crippen LogP contribution is 2.32. The minimum Gasteiger partial charge on any atom is -0.353 e. The van der Waals surface area contributed by atoms with Crippen LogP contribution < -0.4 is 10.6 Å². The smallest absolute Gasteiger partial charge is 0.226 e. The van der Waals surface area contributed by atoms with E-state index in [4.69, 9.17) is 0 Å². The fourth-order valence-corrected chi connectivity index (χ4v) is 2.06. The van der Waals surface area contributed by atoms with Crippen molar-refractivity contribution in [1.82, 2.24) is 10.6 Å². The number of carbonyl (C=O) groups is 1. The van der Waals surface area contributed by atoms with Crippen LogP contribution >= 0.6 is 0 Å². The highest BCUT2D eigenvalue weighted by Gasteiger charge is 2.37. The number of hydrogen-bond acceptors (Lipinski definition) is 2. The zero-order valence-electron chi connectivity index (χ0n) is 9.52. The Balaban J connectivity index is 2.62. The number of rotatable bonds is 3. The summed E-state index contributed by atoms with van der Waals surface area (Å²) in [5.74, 6) is 0.247. The molecule has 14 heavy (non-hydrogen) atoms. The van der Waals surface area contributed by atoms with Crippen LogP contribution in [0.1, 0.15) is 40.0 Å². The van der Waals surface area contributed by atoms with E-state index < -0.39 is 0 Å². The van der Waals surface area contributed by atoms with Gasteiger partial charge in [0.2, 0.25) is 5.91 Å². The molecule has 1 rings (SSSR count). The Morgan fingerprint density at radius 3 is 2.43 bits per heavy atom. The van der Waals surface area contributed by atoms with E-state index in [1.54, 1.807) is 0 Å². The van der Waals surface area contributed by atoms with Crippen molar-refractivity contribution < 1.29 is 4.79 Å². The van der Waals surface area contributed by atoms with Gasteiger partial charge in [0.15, 0.2) is 0 Å². The van der Waals surface area contributed by atoms with Gasteiger partial charge in [-0.05, 0) is 46.2 Å². The molecule has 1 aliphatic rings. The van der Waals surface area contributed by atoms with E-state index in [-0.39, 0.29) is 17.4 Å². The van der Waals surface area contributed by atoms with Gasteiger partial charge in [0.25, 0.3) is 0 Å². The Labute approximate surface area is 86.6 Å². The molecule has 1 fully saturated rings. The molecule has 0 aromatic heterocycles. The van der Waals surface area contributed by atoms with Crippen molar-refractivity contribution >= 4 is 5.91 Å². The van der Waals surface area contributed by atoms with E-state index in [9.17, 15) is 4.79 Å². The van der Waals surface area contributed by atoms with Crippen LogP contribution in [0.25, 0.3) is 0 Å². The zero-order chi connectivity index (χ0) is 10.6. The molecule has 0 atom stereocenters. The zero-order valence-corrected chi connectivity index (χ0v) is 9.52. The summed E-state index contributed by atoms with van der Waals surface area (Å²) in [6.45, 7) is 8.09. The molecule has 1 heterocycles. The molecule has 0 aromatic rings. The van der Waals surface area contributed by atoms with Gasteiger partial charge in [-0.3, -0.25) is 4.79 Å². The minimum atomic E-state index is -0.102. The van der Waals surface area contributed by atoms with Crippen LogP contribution in [0.2, 0.25) is 0 Å². The van der Waals surface area contributed by atoms with Crippen LogP contribution in [-0.4, -0.2) is 25.0 Å². The Morgan fingerprint density at radius 1 is 1.43 bits per heavy atom. The lowest BCUT2D eigenvalue weighted by molar-refractivity contribution is -0.133. The van der Waals surface area contributed by atoms with Gasteiger partial charge in [0.05, 0.1) is 5.41 Å². The SMILES string of the molecule is CCC1(C(=O)NC(C)C)CCNCC1. The fraction of sp³-hybridized carbons (Fsp3) is 0.909. The summed E-state index contributed by atoms with van der Waals surface area (Å²) in [5, 5.41) is 6.34. The first-order valence-electron chi connectivity index (χ1n) is 5.62. The molecule has 3 nitrogen and oxygen atoms in total.